The summed E-state index contributed by atoms with van der Waals surface area (Å²) in [6.07, 6.45) is -7.78. The van der Waals surface area contributed by atoms with Crippen molar-refractivity contribution in [3.63, 3.8) is 0 Å². The number of ether oxygens (including phenoxy) is 3. The van der Waals surface area contributed by atoms with Crippen molar-refractivity contribution in [2.24, 2.45) is 5.73 Å². The lowest BCUT2D eigenvalue weighted by molar-refractivity contribution is -0.144. The van der Waals surface area contributed by atoms with Crippen LogP contribution in [0.25, 0.3) is 0 Å². The molecule has 0 heterocycles. The minimum Gasteiger partial charge on any atom is -0.466 e. The monoisotopic (exact) mass is 570 g/mol. The standard InChI is InChI=1S/C16H23NO4.C11H15NO2.2H2S/c1-5-20-14(18)11-13(12-9-7-6-8-10-12)17-15(19)21-16(2,3)4;1-2-14-11(13)8-10(12)9-6-4-3-5-7-9;;/h6-10,13H,5,11H2,1-4H3,(H,17,19);3-7,10H,2,8,12H2,1H3;2*1H2/t13-;10-;;/m00../s1/i6D,7D,8D,9D,10D,11D2,13D;3D,4D,5D,6D,7D,8D2,10D;;. The minimum atomic E-state index is -3.34. The van der Waals surface area contributed by atoms with Crippen LogP contribution in [0.3, 0.4) is 0 Å². The average molecular weight is 571 g/mol. The van der Waals surface area contributed by atoms with Gasteiger partial charge in [-0.3, -0.25) is 9.59 Å². The predicted molar refractivity (Wildman–Crippen MR) is 155 cm³/mol. The van der Waals surface area contributed by atoms with Gasteiger partial charge in [-0.2, -0.15) is 27.0 Å². The smallest absolute Gasteiger partial charge is 0.408 e. The normalized spacial score (nSPS) is 20.3. The fourth-order valence-corrected chi connectivity index (χ4v) is 1.93. The highest BCUT2D eigenvalue weighted by Crippen LogP contribution is 2.18. The molecule has 0 saturated heterocycles. The Morgan fingerprint density at radius 1 is 0.892 bits per heavy atom. The second-order valence-electron chi connectivity index (χ2n) is 7.11. The predicted octanol–water partition coefficient (Wildman–Crippen LogP) is 5.07. The van der Waals surface area contributed by atoms with Crippen LogP contribution in [0.4, 0.5) is 4.79 Å². The molecule has 3 N–H and O–H groups in total. The van der Waals surface area contributed by atoms with Gasteiger partial charge in [0.1, 0.15) is 5.60 Å². The molecule has 1 amide bonds. The molecule has 0 radical (unpaired) electrons. The van der Waals surface area contributed by atoms with Crippen molar-refractivity contribution in [2.45, 2.75) is 65.0 Å². The van der Waals surface area contributed by atoms with Crippen LogP contribution in [0.2, 0.25) is 0 Å². The first-order valence-corrected chi connectivity index (χ1v) is 10.2. The lowest BCUT2D eigenvalue weighted by Gasteiger charge is -2.23. The maximum absolute atomic E-state index is 12.3. The molecule has 10 heteroatoms. The Bertz CT molecular complexity index is 1640. The highest BCUT2D eigenvalue weighted by molar-refractivity contribution is 7.59. The van der Waals surface area contributed by atoms with Gasteiger partial charge in [-0.1, -0.05) is 60.4 Å². The Balaban J connectivity index is 0. The first-order chi connectivity index (χ1) is 22.9. The quantitative estimate of drug-likeness (QED) is 0.319. The van der Waals surface area contributed by atoms with E-state index in [1.165, 1.54) is 34.6 Å². The fourth-order valence-electron chi connectivity index (χ4n) is 1.93. The van der Waals surface area contributed by atoms with Crippen LogP contribution in [0, 0.1) is 0 Å². The summed E-state index contributed by atoms with van der Waals surface area (Å²) in [6.45, 7) is 6.93. The molecule has 0 spiro atoms. The molecule has 0 bridgehead atoms. The summed E-state index contributed by atoms with van der Waals surface area (Å²) in [5.74, 6) is -3.00. The first kappa shape index (κ1) is 16.3. The van der Waals surface area contributed by atoms with Gasteiger partial charge in [0.15, 0.2) is 0 Å². The summed E-state index contributed by atoms with van der Waals surface area (Å²) in [5, 5.41) is 1.86. The lowest BCUT2D eigenvalue weighted by atomic mass is 10.0. The zero-order valence-corrected chi connectivity index (χ0v) is 22.9. The van der Waals surface area contributed by atoms with Crippen LogP contribution in [-0.2, 0) is 23.8 Å². The van der Waals surface area contributed by atoms with Gasteiger partial charge in [0, 0.05) is 11.5 Å². The van der Waals surface area contributed by atoms with Gasteiger partial charge in [-0.05, 0) is 45.7 Å². The van der Waals surface area contributed by atoms with Crippen LogP contribution in [0.1, 0.15) is 92.5 Å². The van der Waals surface area contributed by atoms with Crippen molar-refractivity contribution in [3.8, 4) is 0 Å². The molecule has 0 aliphatic rings. The van der Waals surface area contributed by atoms with Gasteiger partial charge < -0.3 is 25.3 Å². The van der Waals surface area contributed by atoms with Gasteiger partial charge in [-0.15, -0.1) is 0 Å². The first-order valence-electron chi connectivity index (χ1n) is 18.2. The van der Waals surface area contributed by atoms with E-state index in [-0.39, 0.29) is 40.2 Å². The second-order valence-corrected chi connectivity index (χ2v) is 7.11. The van der Waals surface area contributed by atoms with Crippen LogP contribution in [0.5, 0.6) is 0 Å². The van der Waals surface area contributed by atoms with Crippen molar-refractivity contribution >= 4 is 45.0 Å². The van der Waals surface area contributed by atoms with Gasteiger partial charge in [0.25, 0.3) is 0 Å². The largest absolute Gasteiger partial charge is 0.466 e. The van der Waals surface area contributed by atoms with Crippen molar-refractivity contribution in [2.75, 3.05) is 13.2 Å². The van der Waals surface area contributed by atoms with Crippen LogP contribution in [-0.4, -0.2) is 36.8 Å². The van der Waals surface area contributed by atoms with Gasteiger partial charge >= 0.3 is 18.0 Å². The number of nitrogens with one attached hydrogen (secondary N) is 1. The van der Waals surface area contributed by atoms with Crippen LogP contribution in [0.15, 0.2) is 60.4 Å². The van der Waals surface area contributed by atoms with Crippen molar-refractivity contribution in [3.05, 3.63) is 71.6 Å². The molecule has 2 aromatic rings. The molecule has 2 aromatic carbocycles. The molecule has 0 aromatic heterocycles. The summed E-state index contributed by atoms with van der Waals surface area (Å²) in [4.78, 5) is 36.3. The average Bonchev–Trinajstić information content (AvgIpc) is 3.00. The summed E-state index contributed by atoms with van der Waals surface area (Å²) in [7, 11) is 0. The SMILES string of the molecule is S.S.[2H]c1c([2H])c([2H])c([C@@]([2H])(N)C([2H])([2H])C(=O)OCC)c([2H])c1[2H].[2H]c1c([2H])c([2H])c([C@@]([2H])(NC(=O)OC(C)(C)C)C([2H])([2H])C(=O)OCC)c([2H])c1[2H]. The van der Waals surface area contributed by atoms with Crippen LogP contribution < -0.4 is 11.1 Å². The maximum atomic E-state index is 12.3. The third-order valence-electron chi connectivity index (χ3n) is 3.16. The number of amides is 1. The summed E-state index contributed by atoms with van der Waals surface area (Å²) in [6, 6.07) is -14.4. The van der Waals surface area contributed by atoms with Crippen molar-refractivity contribution in [1.82, 2.24) is 5.32 Å². The minimum absolute atomic E-state index is 0. The Hall–Kier alpha value is -2.69. The number of benzene rings is 2. The molecule has 0 saturated carbocycles. The highest BCUT2D eigenvalue weighted by atomic mass is 32.1. The third kappa shape index (κ3) is 16.6. The number of carbonyl (C=O) groups is 3. The Morgan fingerprint density at radius 2 is 1.32 bits per heavy atom. The summed E-state index contributed by atoms with van der Waals surface area (Å²) < 4.78 is 140. The lowest BCUT2D eigenvalue weighted by Crippen LogP contribution is -2.36. The van der Waals surface area contributed by atoms with Gasteiger partial charge in [0.2, 0.25) is 0 Å². The molecule has 0 fully saturated rings. The molecule has 37 heavy (non-hydrogen) atoms. The van der Waals surface area contributed by atoms with E-state index in [4.69, 9.17) is 32.4 Å². The van der Waals surface area contributed by atoms with E-state index in [1.807, 2.05) is 5.32 Å². The molecular weight excluding hydrogens is 512 g/mol. The molecule has 0 aliphatic heterocycles. The summed E-state index contributed by atoms with van der Waals surface area (Å²) >= 11 is 0. The number of esters is 2. The molecule has 8 nitrogen and oxygen atoms in total. The number of nitrogens with two attached hydrogens (primary N) is 1. The fraction of sp³-hybridized carbons (Fsp3) is 0.444. The molecular formula is C27H42N2O6S2. The van der Waals surface area contributed by atoms with Crippen molar-refractivity contribution < 1.29 is 50.5 Å². The van der Waals surface area contributed by atoms with Crippen molar-refractivity contribution in [1.29, 1.82) is 0 Å². The molecule has 0 aliphatic carbocycles. The Labute approximate surface area is 257 Å². The van der Waals surface area contributed by atoms with E-state index in [2.05, 4.69) is 9.47 Å². The second kappa shape index (κ2) is 19.4. The molecule has 0 unspecified atom stereocenters. The highest BCUT2D eigenvalue weighted by Gasteiger charge is 2.23. The Kier molecular flexibility index (Phi) is 8.56. The zero-order valence-electron chi connectivity index (χ0n) is 36.9. The molecule has 2 atom stereocenters. The van der Waals surface area contributed by atoms with E-state index < -0.39 is 120 Å². The van der Waals surface area contributed by atoms with Gasteiger partial charge in [0.05, 0.1) is 48.4 Å². The topological polar surface area (TPSA) is 117 Å². The van der Waals surface area contributed by atoms with Crippen LogP contribution >= 0.6 is 27.0 Å². The summed E-state index contributed by atoms with van der Waals surface area (Å²) in [5.41, 5.74) is 2.76. The number of rotatable bonds is 9. The number of carbonyl (C=O) groups excluding carboxylic acids is 3. The van der Waals surface area contributed by atoms with E-state index in [0.29, 0.717) is 0 Å². The number of hydrogen-bond donors (Lipinski definition) is 2. The van der Waals surface area contributed by atoms with E-state index in [1.54, 1.807) is 0 Å². The van der Waals surface area contributed by atoms with Gasteiger partial charge in [-0.25, -0.2) is 4.79 Å². The molecule has 208 valence electrons. The van der Waals surface area contributed by atoms with E-state index in [0.717, 1.165) is 0 Å². The Morgan fingerprint density at radius 3 is 1.76 bits per heavy atom. The van der Waals surface area contributed by atoms with E-state index >= 15 is 0 Å². The molecule has 2 rings (SSSR count). The third-order valence-corrected chi connectivity index (χ3v) is 3.16. The maximum Gasteiger partial charge on any atom is 0.408 e. The number of alkyl carbamates (subject to hydrolysis) is 1. The zero-order chi connectivity index (χ0) is 40.4. The van der Waals surface area contributed by atoms with E-state index in [9.17, 15) is 14.4 Å². The number of hydrogen-bond acceptors (Lipinski definition) is 7.